The predicted octanol–water partition coefficient (Wildman–Crippen LogP) is 2.08. The van der Waals surface area contributed by atoms with Gasteiger partial charge in [-0.2, -0.15) is 0 Å². The van der Waals surface area contributed by atoms with Gasteiger partial charge in [0.2, 0.25) is 0 Å². The number of nitrogens with two attached hydrogens (primary N) is 1. The smallest absolute Gasteiger partial charge is 0.0600 e. The Morgan fingerprint density at radius 1 is 1.50 bits per heavy atom. The minimum atomic E-state index is 0.292. The molecule has 0 radical (unpaired) electrons. The monoisotopic (exact) mass is 332 g/mol. The highest BCUT2D eigenvalue weighted by atomic mass is 127. The van der Waals surface area contributed by atoms with E-state index in [1.54, 1.807) is 0 Å². The van der Waals surface area contributed by atoms with Gasteiger partial charge in [-0.15, -0.1) is 0 Å². The van der Waals surface area contributed by atoms with Crippen LogP contribution < -0.4 is 10.6 Å². The molecule has 3 nitrogen and oxygen atoms in total. The van der Waals surface area contributed by atoms with Gasteiger partial charge in [-0.1, -0.05) is 0 Å². The van der Waals surface area contributed by atoms with Gasteiger partial charge in [0, 0.05) is 23.3 Å². The Bertz CT molecular complexity index is 370. The molecule has 1 aliphatic heterocycles. The fourth-order valence-corrected chi connectivity index (χ4v) is 2.80. The highest BCUT2D eigenvalue weighted by molar-refractivity contribution is 14.1. The van der Waals surface area contributed by atoms with Crippen LogP contribution in [0, 0.1) is 9.49 Å². The van der Waals surface area contributed by atoms with Crippen molar-refractivity contribution in [2.24, 2.45) is 5.92 Å². The second-order valence-corrected chi connectivity index (χ2v) is 5.56. The molecule has 1 unspecified atom stereocenters. The zero-order valence-electron chi connectivity index (χ0n) is 9.19. The molecule has 1 aliphatic rings. The molecule has 1 aromatic carbocycles. The van der Waals surface area contributed by atoms with Crippen LogP contribution in [0.5, 0.6) is 0 Å². The zero-order chi connectivity index (χ0) is 11.5. The van der Waals surface area contributed by atoms with E-state index in [-0.39, 0.29) is 0 Å². The molecule has 88 valence electrons. The summed E-state index contributed by atoms with van der Waals surface area (Å²) < 4.78 is 1.17. The molecule has 0 saturated carbocycles. The second kappa shape index (κ2) is 5.23. The first kappa shape index (κ1) is 12.0. The van der Waals surface area contributed by atoms with E-state index in [1.807, 2.05) is 6.07 Å². The van der Waals surface area contributed by atoms with Crippen LogP contribution in [-0.4, -0.2) is 24.8 Å². The molecule has 1 atom stereocenters. The molecule has 16 heavy (non-hydrogen) atoms. The lowest BCUT2D eigenvalue weighted by Gasteiger charge is -2.20. The summed E-state index contributed by atoms with van der Waals surface area (Å²) in [6, 6.07) is 6.19. The van der Waals surface area contributed by atoms with Crippen molar-refractivity contribution in [1.82, 2.24) is 0 Å². The molecule has 0 aliphatic carbocycles. The average molecular weight is 332 g/mol. The number of nitrogens with zero attached hydrogens (tertiary/aromatic N) is 1. The summed E-state index contributed by atoms with van der Waals surface area (Å²) in [4.78, 5) is 2.33. The third-order valence-electron chi connectivity index (χ3n) is 3.15. The fraction of sp³-hybridized carbons (Fsp3) is 0.500. The van der Waals surface area contributed by atoms with Gasteiger partial charge in [0.1, 0.15) is 0 Å². The van der Waals surface area contributed by atoms with Gasteiger partial charge < -0.3 is 15.7 Å². The van der Waals surface area contributed by atoms with E-state index in [1.165, 1.54) is 3.57 Å². The average Bonchev–Trinajstić information content (AvgIpc) is 2.67. The number of aliphatic hydroxyl groups is 1. The highest BCUT2D eigenvalue weighted by Gasteiger charge is 2.23. The van der Waals surface area contributed by atoms with E-state index in [0.717, 1.165) is 37.3 Å². The van der Waals surface area contributed by atoms with E-state index in [2.05, 4.69) is 39.6 Å². The number of hydrogen-bond acceptors (Lipinski definition) is 3. The molecule has 0 bridgehead atoms. The molecule has 4 heteroatoms. The van der Waals surface area contributed by atoms with Crippen molar-refractivity contribution in [3.05, 3.63) is 21.8 Å². The van der Waals surface area contributed by atoms with Crippen molar-refractivity contribution >= 4 is 34.0 Å². The Balaban J connectivity index is 2.08. The van der Waals surface area contributed by atoms with Crippen molar-refractivity contribution in [2.45, 2.75) is 12.8 Å². The maximum atomic E-state index is 8.93. The topological polar surface area (TPSA) is 49.5 Å². The number of halogens is 1. The van der Waals surface area contributed by atoms with Crippen molar-refractivity contribution in [3.63, 3.8) is 0 Å². The largest absolute Gasteiger partial charge is 0.397 e. The maximum Gasteiger partial charge on any atom is 0.0600 e. The van der Waals surface area contributed by atoms with E-state index in [0.29, 0.717) is 12.5 Å². The molecular weight excluding hydrogens is 315 g/mol. The number of benzene rings is 1. The van der Waals surface area contributed by atoms with Crippen molar-refractivity contribution in [3.8, 4) is 0 Å². The molecule has 0 spiro atoms. The first-order chi connectivity index (χ1) is 7.70. The minimum Gasteiger partial charge on any atom is -0.397 e. The Hall–Kier alpha value is -0.490. The molecule has 1 aromatic rings. The van der Waals surface area contributed by atoms with Gasteiger partial charge in [-0.3, -0.25) is 0 Å². The van der Waals surface area contributed by atoms with Crippen LogP contribution in [0.2, 0.25) is 0 Å². The van der Waals surface area contributed by atoms with Crippen molar-refractivity contribution < 1.29 is 5.11 Å². The van der Waals surface area contributed by atoms with E-state index < -0.39 is 0 Å². The minimum absolute atomic E-state index is 0.292. The Kier molecular flexibility index (Phi) is 3.91. The zero-order valence-corrected chi connectivity index (χ0v) is 11.4. The summed E-state index contributed by atoms with van der Waals surface area (Å²) in [6.07, 6.45) is 2.06. The third kappa shape index (κ3) is 2.60. The van der Waals surface area contributed by atoms with E-state index in [4.69, 9.17) is 10.8 Å². The fourth-order valence-electron chi connectivity index (χ4n) is 2.28. The molecule has 2 rings (SSSR count). The van der Waals surface area contributed by atoms with Crippen LogP contribution in [0.15, 0.2) is 18.2 Å². The molecular formula is C12H17IN2O. The summed E-state index contributed by atoms with van der Waals surface area (Å²) >= 11 is 2.27. The normalized spacial score (nSPS) is 20.4. The van der Waals surface area contributed by atoms with Crippen LogP contribution in [-0.2, 0) is 0 Å². The number of nitrogen functional groups attached to an aromatic ring is 1. The lowest BCUT2D eigenvalue weighted by Crippen LogP contribution is -2.21. The van der Waals surface area contributed by atoms with Crippen LogP contribution in [0.3, 0.4) is 0 Å². The van der Waals surface area contributed by atoms with Crippen molar-refractivity contribution in [2.75, 3.05) is 30.3 Å². The number of hydrogen-bond donors (Lipinski definition) is 2. The third-order valence-corrected chi connectivity index (χ3v) is 3.82. The molecule has 0 aromatic heterocycles. The van der Waals surface area contributed by atoms with Crippen molar-refractivity contribution in [1.29, 1.82) is 0 Å². The molecule has 1 heterocycles. The first-order valence-corrected chi connectivity index (χ1v) is 6.69. The number of anilines is 2. The lowest BCUT2D eigenvalue weighted by molar-refractivity contribution is 0.263. The molecule has 0 amide bonds. The number of aliphatic hydroxyl groups excluding tert-OH is 1. The quantitative estimate of drug-likeness (QED) is 0.658. The number of rotatable bonds is 3. The van der Waals surface area contributed by atoms with E-state index >= 15 is 0 Å². The van der Waals surface area contributed by atoms with Gasteiger partial charge in [-0.25, -0.2) is 0 Å². The van der Waals surface area contributed by atoms with Gasteiger partial charge in [0.15, 0.2) is 0 Å². The van der Waals surface area contributed by atoms with Gasteiger partial charge in [0.05, 0.1) is 11.4 Å². The summed E-state index contributed by atoms with van der Waals surface area (Å²) in [5, 5.41) is 8.93. The molecule has 1 fully saturated rings. The van der Waals surface area contributed by atoms with Gasteiger partial charge >= 0.3 is 0 Å². The Morgan fingerprint density at radius 2 is 2.31 bits per heavy atom. The standard InChI is InChI=1S/C12H17IN2O/c13-10-1-2-12(11(14)7-10)15-5-3-9(8-15)4-6-16/h1-2,7,9,16H,3-6,8,14H2. The van der Waals surface area contributed by atoms with E-state index in [9.17, 15) is 0 Å². The highest BCUT2D eigenvalue weighted by Crippen LogP contribution is 2.30. The lowest BCUT2D eigenvalue weighted by atomic mass is 10.1. The van der Waals surface area contributed by atoms with Crippen LogP contribution >= 0.6 is 22.6 Å². The maximum absolute atomic E-state index is 8.93. The predicted molar refractivity (Wildman–Crippen MR) is 75.6 cm³/mol. The summed E-state index contributed by atoms with van der Waals surface area (Å²) in [5.74, 6) is 0.615. The molecule has 3 N–H and O–H groups in total. The first-order valence-electron chi connectivity index (χ1n) is 5.61. The Labute approximate surface area is 110 Å². The Morgan fingerprint density at radius 3 is 3.00 bits per heavy atom. The van der Waals surface area contributed by atoms with Crippen LogP contribution in [0.4, 0.5) is 11.4 Å². The summed E-state index contributed by atoms with van der Waals surface area (Å²) in [7, 11) is 0. The molecule has 1 saturated heterocycles. The van der Waals surface area contributed by atoms with Gasteiger partial charge in [0.25, 0.3) is 0 Å². The van der Waals surface area contributed by atoms with Gasteiger partial charge in [-0.05, 0) is 59.5 Å². The van der Waals surface area contributed by atoms with Crippen LogP contribution in [0.25, 0.3) is 0 Å². The summed E-state index contributed by atoms with van der Waals surface area (Å²) in [6.45, 7) is 2.36. The summed E-state index contributed by atoms with van der Waals surface area (Å²) in [5.41, 5.74) is 8.02. The van der Waals surface area contributed by atoms with Crippen LogP contribution in [0.1, 0.15) is 12.8 Å². The SMILES string of the molecule is Nc1cc(I)ccc1N1CCC(CCO)C1. The second-order valence-electron chi connectivity index (χ2n) is 4.32.